The number of ether oxygens (including phenoxy) is 1. The molecule has 0 heterocycles. The van der Waals surface area contributed by atoms with Crippen molar-refractivity contribution >= 4 is 31.9 Å². The highest BCUT2D eigenvalue weighted by Crippen LogP contribution is 2.22. The fraction of sp³-hybridized carbons (Fsp3) is 1.00. The van der Waals surface area contributed by atoms with Gasteiger partial charge in [-0.15, -0.1) is 0 Å². The maximum Gasteiger partial charge on any atom is 0.0635 e. The summed E-state index contributed by atoms with van der Waals surface area (Å²) in [5.41, 5.74) is -0.0193. The van der Waals surface area contributed by atoms with Crippen LogP contribution in [0.2, 0.25) is 0 Å². The molecule has 3 heteroatoms. The van der Waals surface area contributed by atoms with Crippen LogP contribution in [0.5, 0.6) is 0 Å². The van der Waals surface area contributed by atoms with Gasteiger partial charge in [-0.05, 0) is 34.1 Å². The van der Waals surface area contributed by atoms with Gasteiger partial charge in [-0.3, -0.25) is 0 Å². The first-order chi connectivity index (χ1) is 5.27. The van der Waals surface area contributed by atoms with Crippen LogP contribution in [0.25, 0.3) is 0 Å². The third kappa shape index (κ3) is 7.56. The molecule has 0 fully saturated rings. The molecule has 0 saturated carbocycles. The highest BCUT2D eigenvalue weighted by atomic mass is 79.9. The van der Waals surface area contributed by atoms with E-state index >= 15 is 0 Å². The molecule has 0 aliphatic carbocycles. The predicted molar refractivity (Wildman–Crippen MR) is 61.4 cm³/mol. The molecule has 0 saturated heterocycles. The van der Waals surface area contributed by atoms with Crippen molar-refractivity contribution in [3.63, 3.8) is 0 Å². The van der Waals surface area contributed by atoms with Gasteiger partial charge in [0, 0.05) is 9.65 Å². The zero-order valence-corrected chi connectivity index (χ0v) is 11.5. The van der Waals surface area contributed by atoms with Crippen molar-refractivity contribution in [3.05, 3.63) is 0 Å². The standard InChI is InChI=1S/C9H18Br2O/c1-8(2,11)7-12-9(3,4)5-6-10/h5-7H2,1-4H3. The Labute approximate surface area is 92.5 Å². The van der Waals surface area contributed by atoms with E-state index in [1.54, 1.807) is 0 Å². The molecule has 0 aromatic carbocycles. The first kappa shape index (κ1) is 12.9. The van der Waals surface area contributed by atoms with E-state index in [4.69, 9.17) is 4.74 Å². The summed E-state index contributed by atoms with van der Waals surface area (Å²) in [4.78, 5) is 0. The van der Waals surface area contributed by atoms with Crippen molar-refractivity contribution in [2.45, 2.75) is 44.0 Å². The molecule has 0 aromatic heterocycles. The Hall–Kier alpha value is 0.920. The fourth-order valence-corrected chi connectivity index (χ4v) is 1.74. The van der Waals surface area contributed by atoms with Crippen LogP contribution in [0.4, 0.5) is 0 Å². The summed E-state index contributed by atoms with van der Waals surface area (Å²) in [6, 6.07) is 0. The normalized spacial score (nSPS) is 13.5. The molecular weight excluding hydrogens is 284 g/mol. The first-order valence-corrected chi connectivity index (χ1v) is 6.07. The predicted octanol–water partition coefficient (Wildman–Crippen LogP) is 3.74. The van der Waals surface area contributed by atoms with Crippen molar-refractivity contribution in [1.29, 1.82) is 0 Å². The summed E-state index contributed by atoms with van der Waals surface area (Å²) in [6.45, 7) is 9.20. The lowest BCUT2D eigenvalue weighted by Crippen LogP contribution is -2.31. The minimum atomic E-state index is -0.0193. The van der Waals surface area contributed by atoms with E-state index in [1.165, 1.54) is 0 Å². The molecule has 0 radical (unpaired) electrons. The molecule has 74 valence electrons. The van der Waals surface area contributed by atoms with Crippen LogP contribution in [0.1, 0.15) is 34.1 Å². The summed E-state index contributed by atoms with van der Waals surface area (Å²) in [5.74, 6) is 0. The van der Waals surface area contributed by atoms with E-state index in [0.29, 0.717) is 0 Å². The Balaban J connectivity index is 3.75. The Morgan fingerprint density at radius 3 is 2.00 bits per heavy atom. The number of hydrogen-bond donors (Lipinski definition) is 0. The van der Waals surface area contributed by atoms with Crippen LogP contribution in [0, 0.1) is 0 Å². The van der Waals surface area contributed by atoms with Gasteiger partial charge in [0.15, 0.2) is 0 Å². The van der Waals surface area contributed by atoms with Gasteiger partial charge in [0.1, 0.15) is 0 Å². The second-order valence-electron chi connectivity index (χ2n) is 4.21. The van der Waals surface area contributed by atoms with Crippen LogP contribution in [-0.2, 0) is 4.74 Å². The zero-order valence-electron chi connectivity index (χ0n) is 8.29. The summed E-state index contributed by atoms with van der Waals surface area (Å²) in [7, 11) is 0. The quantitative estimate of drug-likeness (QED) is 0.703. The van der Waals surface area contributed by atoms with E-state index < -0.39 is 0 Å². The van der Waals surface area contributed by atoms with Crippen molar-refractivity contribution in [2.24, 2.45) is 0 Å². The highest BCUT2D eigenvalue weighted by molar-refractivity contribution is 9.10. The molecule has 0 atom stereocenters. The van der Waals surface area contributed by atoms with Crippen molar-refractivity contribution in [3.8, 4) is 0 Å². The lowest BCUT2D eigenvalue weighted by molar-refractivity contribution is -0.0255. The molecule has 0 rings (SSSR count). The van der Waals surface area contributed by atoms with E-state index in [0.717, 1.165) is 18.4 Å². The molecule has 0 aliphatic heterocycles. The minimum Gasteiger partial charge on any atom is -0.374 e. The largest absolute Gasteiger partial charge is 0.374 e. The molecule has 12 heavy (non-hydrogen) atoms. The third-order valence-electron chi connectivity index (χ3n) is 1.50. The Kier molecular flexibility index (Phi) is 5.35. The monoisotopic (exact) mass is 300 g/mol. The molecule has 0 bridgehead atoms. The molecule has 0 aromatic rings. The average molecular weight is 302 g/mol. The van der Waals surface area contributed by atoms with Crippen molar-refractivity contribution in [1.82, 2.24) is 0 Å². The van der Waals surface area contributed by atoms with Gasteiger partial charge in [0.25, 0.3) is 0 Å². The number of halogens is 2. The number of rotatable bonds is 5. The van der Waals surface area contributed by atoms with E-state index in [2.05, 4.69) is 59.6 Å². The van der Waals surface area contributed by atoms with E-state index in [-0.39, 0.29) is 9.93 Å². The van der Waals surface area contributed by atoms with E-state index in [9.17, 15) is 0 Å². The van der Waals surface area contributed by atoms with Gasteiger partial charge < -0.3 is 4.74 Å². The zero-order chi connectivity index (χ0) is 9.83. The smallest absolute Gasteiger partial charge is 0.0635 e. The molecule has 0 aliphatic rings. The van der Waals surface area contributed by atoms with Crippen LogP contribution < -0.4 is 0 Å². The van der Waals surface area contributed by atoms with E-state index in [1.807, 2.05) is 0 Å². The molecular formula is C9H18Br2O. The number of alkyl halides is 2. The fourth-order valence-electron chi connectivity index (χ4n) is 0.667. The van der Waals surface area contributed by atoms with Crippen LogP contribution in [0.15, 0.2) is 0 Å². The van der Waals surface area contributed by atoms with Gasteiger partial charge in [-0.25, -0.2) is 0 Å². The molecule has 1 nitrogen and oxygen atoms in total. The van der Waals surface area contributed by atoms with Crippen LogP contribution in [-0.4, -0.2) is 21.9 Å². The topological polar surface area (TPSA) is 9.23 Å². The Bertz CT molecular complexity index is 127. The molecule has 0 spiro atoms. The maximum atomic E-state index is 5.76. The van der Waals surface area contributed by atoms with Crippen molar-refractivity contribution in [2.75, 3.05) is 11.9 Å². The molecule has 0 unspecified atom stereocenters. The van der Waals surface area contributed by atoms with Gasteiger partial charge in [0.2, 0.25) is 0 Å². The SMILES string of the molecule is CC(C)(Br)COC(C)(C)CCBr. The number of hydrogen-bond acceptors (Lipinski definition) is 1. The van der Waals surface area contributed by atoms with Gasteiger partial charge >= 0.3 is 0 Å². The third-order valence-corrected chi connectivity index (χ3v) is 2.13. The highest BCUT2D eigenvalue weighted by Gasteiger charge is 2.21. The summed E-state index contributed by atoms with van der Waals surface area (Å²) < 4.78 is 5.84. The van der Waals surface area contributed by atoms with Crippen molar-refractivity contribution < 1.29 is 4.74 Å². The summed E-state index contributed by atoms with van der Waals surface area (Å²) in [6.07, 6.45) is 1.04. The summed E-state index contributed by atoms with van der Waals surface area (Å²) in [5, 5.41) is 0.989. The van der Waals surface area contributed by atoms with Crippen LogP contribution in [0.3, 0.4) is 0 Å². The minimum absolute atomic E-state index is 0.0193. The summed E-state index contributed by atoms with van der Waals surface area (Å²) >= 11 is 6.96. The van der Waals surface area contributed by atoms with Gasteiger partial charge in [0.05, 0.1) is 12.2 Å². The lowest BCUT2D eigenvalue weighted by Gasteiger charge is -2.28. The Morgan fingerprint density at radius 1 is 1.17 bits per heavy atom. The second-order valence-corrected chi connectivity index (χ2v) is 7.15. The lowest BCUT2D eigenvalue weighted by atomic mass is 10.1. The average Bonchev–Trinajstić information content (AvgIpc) is 1.83. The van der Waals surface area contributed by atoms with Gasteiger partial charge in [-0.2, -0.15) is 0 Å². The second kappa shape index (κ2) is 4.97. The van der Waals surface area contributed by atoms with Gasteiger partial charge in [-0.1, -0.05) is 31.9 Å². The molecule has 0 N–H and O–H groups in total. The van der Waals surface area contributed by atoms with Crippen LogP contribution >= 0.6 is 31.9 Å². The Morgan fingerprint density at radius 2 is 1.67 bits per heavy atom. The molecule has 0 amide bonds. The first-order valence-electron chi connectivity index (χ1n) is 4.16. The maximum absolute atomic E-state index is 5.76.